The van der Waals surface area contributed by atoms with Crippen LogP contribution in [0.1, 0.15) is 31.0 Å². The average molecular weight is 179 g/mol. The molecule has 1 rings (SSSR count). The molecule has 0 radical (unpaired) electrons. The molecule has 0 saturated carbocycles. The van der Waals surface area contributed by atoms with Crippen molar-refractivity contribution in [3.05, 3.63) is 17.6 Å². The lowest BCUT2D eigenvalue weighted by Crippen LogP contribution is -2.06. The van der Waals surface area contributed by atoms with Gasteiger partial charge in [0.1, 0.15) is 12.1 Å². The van der Waals surface area contributed by atoms with E-state index in [4.69, 9.17) is 0 Å². The second-order valence-electron chi connectivity index (χ2n) is 3.21. The third-order valence-corrected chi connectivity index (χ3v) is 2.16. The van der Waals surface area contributed by atoms with Gasteiger partial charge in [0.2, 0.25) is 0 Å². The Hall–Kier alpha value is -1.12. The molecule has 0 bridgehead atoms. The molecule has 1 N–H and O–H groups in total. The van der Waals surface area contributed by atoms with Crippen LogP contribution in [0.5, 0.6) is 0 Å². The van der Waals surface area contributed by atoms with Crippen molar-refractivity contribution in [1.29, 1.82) is 0 Å². The number of nitrogens with zero attached hydrogens (tertiary/aromatic N) is 2. The number of nitrogens with one attached hydrogen (secondary N) is 1. The summed E-state index contributed by atoms with van der Waals surface area (Å²) >= 11 is 0. The Kier molecular flexibility index (Phi) is 3.68. The highest BCUT2D eigenvalue weighted by molar-refractivity contribution is 5.44. The number of hydrogen-bond acceptors (Lipinski definition) is 3. The first-order chi connectivity index (χ1) is 6.25. The van der Waals surface area contributed by atoms with Crippen LogP contribution in [-0.4, -0.2) is 16.5 Å². The number of anilines is 1. The molecule has 1 aromatic rings. The molecule has 0 aromatic carbocycles. The zero-order chi connectivity index (χ0) is 9.68. The second kappa shape index (κ2) is 4.80. The molecule has 0 aliphatic carbocycles. The third-order valence-electron chi connectivity index (χ3n) is 2.16. The quantitative estimate of drug-likeness (QED) is 0.721. The van der Waals surface area contributed by atoms with Gasteiger partial charge < -0.3 is 5.32 Å². The summed E-state index contributed by atoms with van der Waals surface area (Å²) in [6, 6.07) is 0. The van der Waals surface area contributed by atoms with Gasteiger partial charge in [-0.1, -0.05) is 13.3 Å². The van der Waals surface area contributed by atoms with Gasteiger partial charge in [0.25, 0.3) is 0 Å². The fraction of sp³-hybridized carbons (Fsp3) is 0.600. The van der Waals surface area contributed by atoms with E-state index in [1.165, 1.54) is 12.8 Å². The van der Waals surface area contributed by atoms with Gasteiger partial charge in [-0.05, 0) is 20.3 Å². The second-order valence-corrected chi connectivity index (χ2v) is 3.21. The number of aromatic nitrogens is 2. The summed E-state index contributed by atoms with van der Waals surface area (Å²) in [7, 11) is 0. The molecule has 13 heavy (non-hydrogen) atoms. The molecule has 1 aromatic heterocycles. The van der Waals surface area contributed by atoms with Gasteiger partial charge in [-0.25, -0.2) is 9.97 Å². The zero-order valence-electron chi connectivity index (χ0n) is 8.59. The third kappa shape index (κ3) is 2.68. The molecular weight excluding hydrogens is 162 g/mol. The molecule has 1 heterocycles. The maximum Gasteiger partial charge on any atom is 0.132 e. The summed E-state index contributed by atoms with van der Waals surface area (Å²) in [5, 5.41) is 3.30. The minimum atomic E-state index is 0.973. The van der Waals surface area contributed by atoms with Gasteiger partial charge >= 0.3 is 0 Å². The maximum atomic E-state index is 4.19. The molecule has 0 atom stereocenters. The normalized spacial score (nSPS) is 10.1. The standard InChI is InChI=1S/C10H17N3/c1-4-5-6-11-10-8(2)9(3)12-7-13-10/h7H,4-6H2,1-3H3,(H,11,12,13). The van der Waals surface area contributed by atoms with Gasteiger partial charge in [-0.3, -0.25) is 0 Å². The minimum absolute atomic E-state index is 0.973. The van der Waals surface area contributed by atoms with E-state index >= 15 is 0 Å². The van der Waals surface area contributed by atoms with E-state index in [-0.39, 0.29) is 0 Å². The fourth-order valence-corrected chi connectivity index (χ4v) is 1.10. The molecule has 0 aliphatic heterocycles. The smallest absolute Gasteiger partial charge is 0.132 e. The minimum Gasteiger partial charge on any atom is -0.370 e. The van der Waals surface area contributed by atoms with Crippen LogP contribution >= 0.6 is 0 Å². The van der Waals surface area contributed by atoms with Gasteiger partial charge in [0.05, 0.1) is 0 Å². The van der Waals surface area contributed by atoms with E-state index in [0.717, 1.165) is 23.6 Å². The summed E-state index contributed by atoms with van der Waals surface area (Å²) in [4.78, 5) is 8.31. The molecule has 0 fully saturated rings. The fourth-order valence-electron chi connectivity index (χ4n) is 1.10. The molecule has 0 spiro atoms. The molecule has 0 amide bonds. The van der Waals surface area contributed by atoms with Crippen LogP contribution < -0.4 is 5.32 Å². The Labute approximate surface area is 79.6 Å². The van der Waals surface area contributed by atoms with Crippen LogP contribution in [0.25, 0.3) is 0 Å². The summed E-state index contributed by atoms with van der Waals surface area (Å²) < 4.78 is 0. The van der Waals surface area contributed by atoms with Crippen molar-refractivity contribution in [3.8, 4) is 0 Å². The van der Waals surface area contributed by atoms with Crippen LogP contribution in [0.15, 0.2) is 6.33 Å². The van der Waals surface area contributed by atoms with Crippen molar-refractivity contribution in [2.24, 2.45) is 0 Å². The van der Waals surface area contributed by atoms with E-state index in [1.807, 2.05) is 13.8 Å². The first-order valence-corrected chi connectivity index (χ1v) is 4.77. The number of unbranched alkanes of at least 4 members (excludes halogenated alkanes) is 1. The molecule has 72 valence electrons. The monoisotopic (exact) mass is 179 g/mol. The molecule has 0 saturated heterocycles. The van der Waals surface area contributed by atoms with E-state index in [0.29, 0.717) is 0 Å². The molecular formula is C10H17N3. The van der Waals surface area contributed by atoms with Crippen molar-refractivity contribution in [2.45, 2.75) is 33.6 Å². The van der Waals surface area contributed by atoms with Gasteiger partial charge in [-0.15, -0.1) is 0 Å². The van der Waals surface area contributed by atoms with Crippen LogP contribution in [0.2, 0.25) is 0 Å². The van der Waals surface area contributed by atoms with E-state index in [9.17, 15) is 0 Å². The van der Waals surface area contributed by atoms with Crippen molar-refractivity contribution in [2.75, 3.05) is 11.9 Å². The van der Waals surface area contributed by atoms with Gasteiger partial charge in [0, 0.05) is 17.8 Å². The highest BCUT2D eigenvalue weighted by Crippen LogP contribution is 2.12. The Morgan fingerprint density at radius 3 is 2.77 bits per heavy atom. The van der Waals surface area contributed by atoms with Gasteiger partial charge in [-0.2, -0.15) is 0 Å². The van der Waals surface area contributed by atoms with Crippen LogP contribution in [-0.2, 0) is 0 Å². The predicted octanol–water partition coefficient (Wildman–Crippen LogP) is 2.31. The number of rotatable bonds is 4. The van der Waals surface area contributed by atoms with Crippen molar-refractivity contribution < 1.29 is 0 Å². The average Bonchev–Trinajstić information content (AvgIpc) is 2.13. The molecule has 3 heteroatoms. The molecule has 0 aliphatic rings. The molecule has 0 unspecified atom stereocenters. The van der Waals surface area contributed by atoms with E-state index in [1.54, 1.807) is 6.33 Å². The van der Waals surface area contributed by atoms with Gasteiger partial charge in [0.15, 0.2) is 0 Å². The molecule has 3 nitrogen and oxygen atoms in total. The first-order valence-electron chi connectivity index (χ1n) is 4.77. The summed E-state index contributed by atoms with van der Waals surface area (Å²) in [5.74, 6) is 0.973. The Morgan fingerprint density at radius 2 is 2.08 bits per heavy atom. The van der Waals surface area contributed by atoms with Crippen LogP contribution in [0.4, 0.5) is 5.82 Å². The van der Waals surface area contributed by atoms with Crippen LogP contribution in [0, 0.1) is 13.8 Å². The van der Waals surface area contributed by atoms with E-state index < -0.39 is 0 Å². The Balaban J connectivity index is 2.61. The first kappa shape index (κ1) is 9.96. The highest BCUT2D eigenvalue weighted by Gasteiger charge is 2.01. The Bertz CT molecular complexity index is 271. The van der Waals surface area contributed by atoms with E-state index in [2.05, 4.69) is 22.2 Å². The number of hydrogen-bond donors (Lipinski definition) is 1. The lowest BCUT2D eigenvalue weighted by atomic mass is 10.2. The Morgan fingerprint density at radius 1 is 1.31 bits per heavy atom. The maximum absolute atomic E-state index is 4.19. The number of aryl methyl sites for hydroxylation is 1. The topological polar surface area (TPSA) is 37.8 Å². The highest BCUT2D eigenvalue weighted by atomic mass is 15.0. The summed E-state index contributed by atoms with van der Waals surface area (Å²) in [6.45, 7) is 7.22. The summed E-state index contributed by atoms with van der Waals surface area (Å²) in [6.07, 6.45) is 4.00. The SMILES string of the molecule is CCCCNc1ncnc(C)c1C. The predicted molar refractivity (Wildman–Crippen MR) is 54.9 cm³/mol. The lowest BCUT2D eigenvalue weighted by molar-refractivity contribution is 0.828. The summed E-state index contributed by atoms with van der Waals surface area (Å²) in [5.41, 5.74) is 2.20. The zero-order valence-corrected chi connectivity index (χ0v) is 8.59. The van der Waals surface area contributed by atoms with Crippen molar-refractivity contribution in [1.82, 2.24) is 9.97 Å². The van der Waals surface area contributed by atoms with Crippen molar-refractivity contribution in [3.63, 3.8) is 0 Å². The van der Waals surface area contributed by atoms with Crippen LogP contribution in [0.3, 0.4) is 0 Å². The van der Waals surface area contributed by atoms with Crippen molar-refractivity contribution >= 4 is 5.82 Å². The largest absolute Gasteiger partial charge is 0.370 e. The lowest BCUT2D eigenvalue weighted by Gasteiger charge is -2.08.